The number of para-hydroxylation sites is 1. The Kier molecular flexibility index (Phi) is 4.36. The Morgan fingerprint density at radius 2 is 2.12 bits per heavy atom. The monoisotopic (exact) mass is 374 g/mol. The summed E-state index contributed by atoms with van der Waals surface area (Å²) in [4.78, 5) is 18.6. The van der Waals surface area contributed by atoms with E-state index >= 15 is 0 Å². The van der Waals surface area contributed by atoms with Gasteiger partial charge in [0.25, 0.3) is 11.1 Å². The number of likely N-dealkylation sites (tertiary alicyclic amines) is 1. The number of fused-ring (bicyclic) bond motifs is 1. The molecule has 1 aliphatic heterocycles. The van der Waals surface area contributed by atoms with Gasteiger partial charge >= 0.3 is 0 Å². The minimum absolute atomic E-state index is 0.0202. The van der Waals surface area contributed by atoms with Crippen molar-refractivity contribution in [2.24, 2.45) is 7.05 Å². The lowest BCUT2D eigenvalue weighted by Crippen LogP contribution is -2.42. The molecule has 6 nitrogen and oxygen atoms in total. The second kappa shape index (κ2) is 6.68. The Morgan fingerprint density at radius 3 is 2.77 bits per heavy atom. The molecule has 3 heterocycles. The average Bonchev–Trinajstić information content (AvgIpc) is 3.19. The first-order valence-electron chi connectivity index (χ1n) is 8.53. The molecular weight excluding hydrogens is 355 g/mol. The smallest absolute Gasteiger partial charge is 0.274 e. The molecule has 4 rings (SSSR count). The zero-order valence-corrected chi connectivity index (χ0v) is 15.4. The Bertz CT molecular complexity index is 940. The zero-order valence-electron chi connectivity index (χ0n) is 14.6. The molecule has 1 aliphatic rings. The summed E-state index contributed by atoms with van der Waals surface area (Å²) in [6.07, 6.45) is 1.42. The lowest BCUT2D eigenvalue weighted by atomic mass is 10.1. The molecular formula is C18H19FN4O2S. The maximum Gasteiger partial charge on any atom is 0.274 e. The van der Waals surface area contributed by atoms with Crippen molar-refractivity contribution >= 4 is 27.5 Å². The van der Waals surface area contributed by atoms with Gasteiger partial charge in [-0.1, -0.05) is 17.4 Å². The highest BCUT2D eigenvalue weighted by molar-refractivity contribution is 7.20. The summed E-state index contributed by atoms with van der Waals surface area (Å²) in [5.41, 5.74) is 1.78. The van der Waals surface area contributed by atoms with Gasteiger partial charge in [0.05, 0.1) is 4.70 Å². The van der Waals surface area contributed by atoms with Crippen LogP contribution in [0, 0.1) is 12.7 Å². The van der Waals surface area contributed by atoms with Crippen molar-refractivity contribution in [2.75, 3.05) is 13.1 Å². The highest BCUT2D eigenvalue weighted by Gasteiger charge is 2.27. The number of hydrogen-bond donors (Lipinski definition) is 0. The first-order valence-corrected chi connectivity index (χ1v) is 9.34. The normalized spacial score (nSPS) is 15.6. The van der Waals surface area contributed by atoms with E-state index in [0.29, 0.717) is 29.5 Å². The number of aryl methyl sites for hydroxylation is 2. The topological polar surface area (TPSA) is 60.3 Å². The summed E-state index contributed by atoms with van der Waals surface area (Å²) in [6.45, 7) is 3.14. The summed E-state index contributed by atoms with van der Waals surface area (Å²) < 4.78 is 22.2. The van der Waals surface area contributed by atoms with Crippen molar-refractivity contribution < 1.29 is 13.9 Å². The van der Waals surface area contributed by atoms with Crippen LogP contribution in [-0.4, -0.2) is 44.8 Å². The van der Waals surface area contributed by atoms with E-state index in [2.05, 4.69) is 10.1 Å². The third-order valence-electron chi connectivity index (χ3n) is 4.68. The van der Waals surface area contributed by atoms with E-state index in [4.69, 9.17) is 4.74 Å². The molecule has 1 amide bonds. The van der Waals surface area contributed by atoms with Crippen molar-refractivity contribution in [2.45, 2.75) is 25.9 Å². The molecule has 0 aliphatic carbocycles. The van der Waals surface area contributed by atoms with Crippen LogP contribution in [0.15, 0.2) is 24.3 Å². The molecule has 136 valence electrons. The van der Waals surface area contributed by atoms with Gasteiger partial charge in [-0.3, -0.25) is 9.48 Å². The van der Waals surface area contributed by atoms with Gasteiger partial charge in [0.2, 0.25) is 0 Å². The van der Waals surface area contributed by atoms with Gasteiger partial charge in [-0.05, 0) is 25.1 Å². The maximum atomic E-state index is 13.7. The summed E-state index contributed by atoms with van der Waals surface area (Å²) in [5.74, 6) is -0.381. The number of nitrogens with zero attached hydrogens (tertiary/aromatic N) is 4. The van der Waals surface area contributed by atoms with Gasteiger partial charge in [-0.15, -0.1) is 0 Å². The van der Waals surface area contributed by atoms with Crippen molar-refractivity contribution in [1.29, 1.82) is 0 Å². The minimum Gasteiger partial charge on any atom is -0.467 e. The van der Waals surface area contributed by atoms with Crippen molar-refractivity contribution in [1.82, 2.24) is 19.7 Å². The maximum absolute atomic E-state index is 13.7. The highest BCUT2D eigenvalue weighted by atomic mass is 32.1. The lowest BCUT2D eigenvalue weighted by molar-refractivity contribution is 0.0589. The van der Waals surface area contributed by atoms with Crippen LogP contribution < -0.4 is 4.74 Å². The SMILES string of the molecule is Cc1cc(C(=O)N2CCC(Oc3nc4c(F)cccc4s3)CC2)nn1C. The molecule has 0 spiro atoms. The number of ether oxygens (including phenoxy) is 1. The number of hydrogen-bond acceptors (Lipinski definition) is 5. The average molecular weight is 374 g/mol. The predicted octanol–water partition coefficient (Wildman–Crippen LogP) is 3.16. The highest BCUT2D eigenvalue weighted by Crippen LogP contribution is 2.31. The van der Waals surface area contributed by atoms with Crippen molar-refractivity contribution in [3.8, 4) is 5.19 Å². The van der Waals surface area contributed by atoms with Crippen LogP contribution in [0.1, 0.15) is 29.0 Å². The third-order valence-corrected chi connectivity index (χ3v) is 5.59. The summed E-state index contributed by atoms with van der Waals surface area (Å²) >= 11 is 1.35. The number of aromatic nitrogens is 3. The van der Waals surface area contributed by atoms with Gasteiger partial charge in [-0.2, -0.15) is 10.1 Å². The van der Waals surface area contributed by atoms with E-state index in [0.717, 1.165) is 23.2 Å². The lowest BCUT2D eigenvalue weighted by Gasteiger charge is -2.31. The fourth-order valence-electron chi connectivity index (χ4n) is 3.09. The van der Waals surface area contributed by atoms with Gasteiger partial charge in [0.1, 0.15) is 17.4 Å². The molecule has 0 bridgehead atoms. The van der Waals surface area contributed by atoms with E-state index in [9.17, 15) is 9.18 Å². The summed E-state index contributed by atoms with van der Waals surface area (Å²) in [5, 5.41) is 4.74. The van der Waals surface area contributed by atoms with Crippen molar-refractivity contribution in [3.63, 3.8) is 0 Å². The fraction of sp³-hybridized carbons (Fsp3) is 0.389. The molecule has 0 N–H and O–H groups in total. The van der Waals surface area contributed by atoms with Gasteiger partial charge in [0.15, 0.2) is 5.69 Å². The molecule has 1 aromatic carbocycles. The van der Waals surface area contributed by atoms with Crippen LogP contribution in [0.5, 0.6) is 5.19 Å². The number of piperidine rings is 1. The number of rotatable bonds is 3. The molecule has 1 saturated heterocycles. The van der Waals surface area contributed by atoms with E-state index in [1.54, 1.807) is 21.7 Å². The zero-order chi connectivity index (χ0) is 18.3. The minimum atomic E-state index is -0.334. The van der Waals surface area contributed by atoms with Crippen LogP contribution in [-0.2, 0) is 7.05 Å². The molecule has 2 aromatic heterocycles. The summed E-state index contributed by atoms with van der Waals surface area (Å²) in [7, 11) is 1.83. The Labute approximate surface area is 154 Å². The fourth-order valence-corrected chi connectivity index (χ4v) is 3.99. The number of benzene rings is 1. The number of halogens is 1. The van der Waals surface area contributed by atoms with Crippen LogP contribution in [0.2, 0.25) is 0 Å². The van der Waals surface area contributed by atoms with Gasteiger partial charge in [0, 0.05) is 38.7 Å². The molecule has 8 heteroatoms. The van der Waals surface area contributed by atoms with Gasteiger partial charge in [-0.25, -0.2) is 4.39 Å². The molecule has 0 unspecified atom stereocenters. The standard InChI is InChI=1S/C18H19FN4O2S/c1-11-10-14(21-22(11)2)17(24)23-8-6-12(7-9-23)25-18-20-16-13(19)4-3-5-15(16)26-18/h3-5,10,12H,6-9H2,1-2H3. The van der Waals surface area contributed by atoms with E-state index < -0.39 is 0 Å². The second-order valence-corrected chi connectivity index (χ2v) is 7.46. The Hall–Kier alpha value is -2.48. The number of thiazole rings is 1. The molecule has 0 atom stereocenters. The number of carbonyl (C=O) groups excluding carboxylic acids is 1. The largest absolute Gasteiger partial charge is 0.467 e. The number of amides is 1. The van der Waals surface area contributed by atoms with Crippen LogP contribution in [0.3, 0.4) is 0 Å². The first-order chi connectivity index (χ1) is 12.5. The molecule has 0 radical (unpaired) electrons. The second-order valence-electron chi connectivity index (χ2n) is 6.47. The Morgan fingerprint density at radius 1 is 1.35 bits per heavy atom. The molecule has 26 heavy (non-hydrogen) atoms. The van der Waals surface area contributed by atoms with E-state index in [-0.39, 0.29) is 17.8 Å². The predicted molar refractivity (Wildman–Crippen MR) is 97.1 cm³/mol. The van der Waals surface area contributed by atoms with Gasteiger partial charge < -0.3 is 9.64 Å². The van der Waals surface area contributed by atoms with Crippen LogP contribution >= 0.6 is 11.3 Å². The molecule has 0 saturated carbocycles. The first kappa shape index (κ1) is 17.0. The third kappa shape index (κ3) is 3.16. The number of carbonyl (C=O) groups is 1. The van der Waals surface area contributed by atoms with Crippen LogP contribution in [0.25, 0.3) is 10.2 Å². The van der Waals surface area contributed by atoms with E-state index in [1.807, 2.05) is 20.0 Å². The van der Waals surface area contributed by atoms with E-state index in [1.165, 1.54) is 17.4 Å². The molecule has 3 aromatic rings. The van der Waals surface area contributed by atoms with Crippen molar-refractivity contribution in [3.05, 3.63) is 41.5 Å². The molecule has 1 fully saturated rings. The Balaban J connectivity index is 1.38. The van der Waals surface area contributed by atoms with Crippen LogP contribution in [0.4, 0.5) is 4.39 Å². The quantitative estimate of drug-likeness (QED) is 0.707. The summed E-state index contributed by atoms with van der Waals surface area (Å²) in [6, 6.07) is 6.71.